The van der Waals surface area contributed by atoms with Crippen LogP contribution in [0.15, 0.2) is 35.7 Å². The van der Waals surface area contributed by atoms with Crippen LogP contribution in [0, 0.1) is 6.92 Å². The summed E-state index contributed by atoms with van der Waals surface area (Å²) < 4.78 is 0. The van der Waals surface area contributed by atoms with Crippen LogP contribution in [0.3, 0.4) is 0 Å². The molecular formula is C13H13N3OS2. The van der Waals surface area contributed by atoms with Crippen molar-refractivity contribution in [1.29, 1.82) is 0 Å². The monoisotopic (exact) mass is 291 g/mol. The Kier molecular flexibility index (Phi) is 4.13. The number of anilines is 2. The molecular weight excluding hydrogens is 278 g/mol. The Morgan fingerprint density at radius 1 is 1.32 bits per heavy atom. The van der Waals surface area contributed by atoms with Crippen LogP contribution in [0.2, 0.25) is 0 Å². The number of hydrogen-bond donors (Lipinski definition) is 3. The van der Waals surface area contributed by atoms with E-state index in [2.05, 4.69) is 10.6 Å². The highest BCUT2D eigenvalue weighted by atomic mass is 32.1. The number of nitrogens with two attached hydrogens (primary N) is 1. The lowest BCUT2D eigenvalue weighted by molar-refractivity contribution is 0.103. The van der Waals surface area contributed by atoms with Crippen LogP contribution in [-0.4, -0.2) is 11.0 Å². The molecule has 0 spiro atoms. The van der Waals surface area contributed by atoms with Crippen molar-refractivity contribution in [1.82, 2.24) is 0 Å². The molecule has 6 heteroatoms. The summed E-state index contributed by atoms with van der Waals surface area (Å²) in [5.74, 6) is -0.104. The second kappa shape index (κ2) is 5.81. The summed E-state index contributed by atoms with van der Waals surface area (Å²) in [4.78, 5) is 12.6. The molecule has 0 aliphatic rings. The minimum Gasteiger partial charge on any atom is -0.376 e. The molecule has 0 saturated heterocycles. The van der Waals surface area contributed by atoms with E-state index < -0.39 is 0 Å². The van der Waals surface area contributed by atoms with Gasteiger partial charge < -0.3 is 16.4 Å². The number of hydrogen-bond acceptors (Lipinski definition) is 3. The summed E-state index contributed by atoms with van der Waals surface area (Å²) in [6, 6.07) is 9.15. The summed E-state index contributed by atoms with van der Waals surface area (Å²) in [7, 11) is 0. The zero-order chi connectivity index (χ0) is 13.8. The van der Waals surface area contributed by atoms with Crippen molar-refractivity contribution in [3.8, 4) is 0 Å². The number of amides is 1. The highest BCUT2D eigenvalue weighted by Crippen LogP contribution is 2.21. The van der Waals surface area contributed by atoms with Crippen molar-refractivity contribution in [3.63, 3.8) is 0 Å². The lowest BCUT2D eigenvalue weighted by Crippen LogP contribution is -2.19. The SMILES string of the molecule is Cc1cc(NC(N)=S)ccc1NC(=O)c1cccs1. The second-order valence-electron chi connectivity index (χ2n) is 3.95. The van der Waals surface area contributed by atoms with Crippen LogP contribution in [0.5, 0.6) is 0 Å². The molecule has 0 aliphatic carbocycles. The van der Waals surface area contributed by atoms with E-state index in [4.69, 9.17) is 18.0 Å². The first kappa shape index (κ1) is 13.5. The number of thiophene rings is 1. The van der Waals surface area contributed by atoms with Gasteiger partial charge in [-0.25, -0.2) is 0 Å². The van der Waals surface area contributed by atoms with E-state index in [0.29, 0.717) is 4.88 Å². The minimum absolute atomic E-state index is 0.104. The maximum Gasteiger partial charge on any atom is 0.265 e. The van der Waals surface area contributed by atoms with Gasteiger partial charge in [0.2, 0.25) is 0 Å². The molecule has 2 aromatic rings. The summed E-state index contributed by atoms with van der Waals surface area (Å²) in [6.07, 6.45) is 0. The number of thiocarbonyl (C=S) groups is 1. The third-order valence-corrected chi connectivity index (χ3v) is 3.46. The van der Waals surface area contributed by atoms with E-state index in [9.17, 15) is 4.79 Å². The minimum atomic E-state index is -0.104. The number of benzene rings is 1. The van der Waals surface area contributed by atoms with Gasteiger partial charge >= 0.3 is 0 Å². The fourth-order valence-corrected chi connectivity index (χ4v) is 2.35. The van der Waals surface area contributed by atoms with Gasteiger partial charge in [-0.3, -0.25) is 4.79 Å². The third-order valence-electron chi connectivity index (χ3n) is 2.49. The van der Waals surface area contributed by atoms with Gasteiger partial charge in [-0.05, 0) is 54.4 Å². The molecule has 0 atom stereocenters. The Labute approximate surface area is 120 Å². The second-order valence-corrected chi connectivity index (χ2v) is 5.34. The van der Waals surface area contributed by atoms with Gasteiger partial charge in [-0.15, -0.1) is 11.3 Å². The summed E-state index contributed by atoms with van der Waals surface area (Å²) >= 11 is 6.19. The largest absolute Gasteiger partial charge is 0.376 e. The Hall–Kier alpha value is -1.92. The molecule has 0 saturated carbocycles. The number of aryl methyl sites for hydroxylation is 1. The Morgan fingerprint density at radius 3 is 2.68 bits per heavy atom. The summed E-state index contributed by atoms with van der Waals surface area (Å²) in [6.45, 7) is 1.91. The Morgan fingerprint density at radius 2 is 2.11 bits per heavy atom. The summed E-state index contributed by atoms with van der Waals surface area (Å²) in [5, 5.41) is 7.81. The molecule has 1 heterocycles. The quantitative estimate of drug-likeness (QED) is 0.761. The van der Waals surface area contributed by atoms with Crippen LogP contribution >= 0.6 is 23.6 Å². The van der Waals surface area contributed by atoms with Gasteiger partial charge in [-0.2, -0.15) is 0 Å². The van der Waals surface area contributed by atoms with Crippen LogP contribution in [0.1, 0.15) is 15.2 Å². The first-order valence-electron chi connectivity index (χ1n) is 5.58. The molecule has 1 aromatic carbocycles. The van der Waals surface area contributed by atoms with Crippen LogP contribution < -0.4 is 16.4 Å². The van der Waals surface area contributed by atoms with Gasteiger partial charge in [-0.1, -0.05) is 6.07 Å². The van der Waals surface area contributed by atoms with E-state index >= 15 is 0 Å². The average Bonchev–Trinajstić information content (AvgIpc) is 2.85. The number of carbonyl (C=O) groups is 1. The van der Waals surface area contributed by atoms with Crippen molar-refractivity contribution in [2.45, 2.75) is 6.92 Å². The van der Waals surface area contributed by atoms with E-state index in [-0.39, 0.29) is 11.0 Å². The zero-order valence-electron chi connectivity index (χ0n) is 10.3. The third kappa shape index (κ3) is 3.52. The van der Waals surface area contributed by atoms with Crippen molar-refractivity contribution < 1.29 is 4.79 Å². The van der Waals surface area contributed by atoms with E-state index in [1.54, 1.807) is 6.07 Å². The smallest absolute Gasteiger partial charge is 0.265 e. The molecule has 4 nitrogen and oxygen atoms in total. The molecule has 2 rings (SSSR count). The molecule has 0 unspecified atom stereocenters. The first-order valence-corrected chi connectivity index (χ1v) is 6.87. The van der Waals surface area contributed by atoms with Gasteiger partial charge in [0.25, 0.3) is 5.91 Å². The maximum atomic E-state index is 11.9. The molecule has 4 N–H and O–H groups in total. The molecule has 0 fully saturated rings. The molecule has 0 aliphatic heterocycles. The molecule has 0 bridgehead atoms. The Balaban J connectivity index is 2.13. The normalized spacial score (nSPS) is 9.95. The number of nitrogens with one attached hydrogen (secondary N) is 2. The van der Waals surface area contributed by atoms with Crippen LogP contribution in [0.4, 0.5) is 11.4 Å². The van der Waals surface area contributed by atoms with Gasteiger partial charge in [0.05, 0.1) is 4.88 Å². The standard InChI is InChI=1S/C13H13N3OS2/c1-8-7-9(15-13(14)18)4-5-10(8)16-12(17)11-3-2-6-19-11/h2-7H,1H3,(H,16,17)(H3,14,15,18). The predicted octanol–water partition coefficient (Wildman–Crippen LogP) is 2.96. The highest BCUT2D eigenvalue weighted by Gasteiger charge is 2.08. The maximum absolute atomic E-state index is 11.9. The lowest BCUT2D eigenvalue weighted by atomic mass is 10.1. The van der Waals surface area contributed by atoms with Crippen molar-refractivity contribution >= 4 is 45.9 Å². The lowest BCUT2D eigenvalue weighted by Gasteiger charge is -2.10. The summed E-state index contributed by atoms with van der Waals surface area (Å²) in [5.41, 5.74) is 7.92. The zero-order valence-corrected chi connectivity index (χ0v) is 11.9. The number of carbonyl (C=O) groups excluding carboxylic acids is 1. The average molecular weight is 291 g/mol. The van der Waals surface area contributed by atoms with E-state index in [1.807, 2.05) is 36.6 Å². The molecule has 1 amide bonds. The Bertz CT molecular complexity index is 608. The van der Waals surface area contributed by atoms with Crippen molar-refractivity contribution in [2.75, 3.05) is 10.6 Å². The van der Waals surface area contributed by atoms with Gasteiger partial charge in [0.1, 0.15) is 0 Å². The van der Waals surface area contributed by atoms with E-state index in [0.717, 1.165) is 16.9 Å². The van der Waals surface area contributed by atoms with Crippen molar-refractivity contribution in [2.24, 2.45) is 5.73 Å². The molecule has 98 valence electrons. The number of rotatable bonds is 3. The molecule has 0 radical (unpaired) electrons. The first-order chi connectivity index (χ1) is 9.06. The van der Waals surface area contributed by atoms with Gasteiger partial charge in [0, 0.05) is 11.4 Å². The predicted molar refractivity (Wildman–Crippen MR) is 83.9 cm³/mol. The van der Waals surface area contributed by atoms with Crippen molar-refractivity contribution in [3.05, 3.63) is 46.2 Å². The van der Waals surface area contributed by atoms with Crippen LogP contribution in [-0.2, 0) is 0 Å². The molecule has 19 heavy (non-hydrogen) atoms. The molecule has 1 aromatic heterocycles. The fraction of sp³-hybridized carbons (Fsp3) is 0.0769. The highest BCUT2D eigenvalue weighted by molar-refractivity contribution is 7.80. The van der Waals surface area contributed by atoms with E-state index in [1.165, 1.54) is 11.3 Å². The van der Waals surface area contributed by atoms with Crippen LogP contribution in [0.25, 0.3) is 0 Å². The topological polar surface area (TPSA) is 67.2 Å². The fourth-order valence-electron chi connectivity index (χ4n) is 1.62. The van der Waals surface area contributed by atoms with Gasteiger partial charge in [0.15, 0.2) is 5.11 Å².